The monoisotopic (exact) mass is 474 g/mol. The molecule has 2 bridgehead atoms. The maximum Gasteiger partial charge on any atom is 0.338 e. The van der Waals surface area contributed by atoms with Gasteiger partial charge >= 0.3 is 5.97 Å². The predicted molar refractivity (Wildman–Crippen MR) is 128 cm³/mol. The molecule has 2 aliphatic carbocycles. The van der Waals surface area contributed by atoms with E-state index >= 15 is 0 Å². The number of amides is 3. The summed E-state index contributed by atoms with van der Waals surface area (Å²) >= 11 is 0. The summed E-state index contributed by atoms with van der Waals surface area (Å²) in [6.07, 6.45) is 3.01. The third kappa shape index (κ3) is 3.99. The first-order valence-electron chi connectivity index (χ1n) is 11.7. The van der Waals surface area contributed by atoms with E-state index in [2.05, 4.69) is 11.4 Å². The van der Waals surface area contributed by atoms with E-state index in [4.69, 9.17) is 9.47 Å². The Balaban J connectivity index is 1.20. The number of nitrogens with zero attached hydrogens (tertiary/aromatic N) is 1. The van der Waals surface area contributed by atoms with Gasteiger partial charge in [-0.15, -0.1) is 0 Å². The number of carbonyl (C=O) groups is 4. The Labute approximate surface area is 202 Å². The first-order valence-corrected chi connectivity index (χ1v) is 11.7. The van der Waals surface area contributed by atoms with Crippen molar-refractivity contribution >= 4 is 35.1 Å². The number of rotatable bonds is 7. The van der Waals surface area contributed by atoms with Gasteiger partial charge in [-0.05, 0) is 68.5 Å². The number of hydrogen-bond acceptors (Lipinski definition) is 6. The van der Waals surface area contributed by atoms with Crippen molar-refractivity contribution in [2.45, 2.75) is 20.3 Å². The van der Waals surface area contributed by atoms with Crippen LogP contribution in [0.5, 0.6) is 5.75 Å². The quantitative estimate of drug-likeness (QED) is 0.374. The standard InChI is InChI=1S/C27H26N2O6/c1-3-34-21-7-5-4-6-20(21)28-22(30)14-35-27(33)16-8-10-18(11-9-16)29-25(31)23-17-12-15(2)19(13-17)24(23)26(29)32/h4-12,17,19,23-24H,3,13-14H2,1-2H3,(H,28,30)/t17-,19+,23+,24-/m0/s1. The van der Waals surface area contributed by atoms with Gasteiger partial charge in [-0.2, -0.15) is 0 Å². The zero-order valence-electron chi connectivity index (χ0n) is 19.5. The van der Waals surface area contributed by atoms with Gasteiger partial charge in [0.2, 0.25) is 11.8 Å². The molecule has 3 amide bonds. The minimum absolute atomic E-state index is 0.132. The second-order valence-electron chi connectivity index (χ2n) is 9.08. The average Bonchev–Trinajstić information content (AvgIpc) is 3.49. The first kappa shape index (κ1) is 22.8. The van der Waals surface area contributed by atoms with Crippen molar-refractivity contribution in [3.05, 3.63) is 65.7 Å². The smallest absolute Gasteiger partial charge is 0.338 e. The van der Waals surface area contributed by atoms with E-state index in [0.717, 1.165) is 6.42 Å². The van der Waals surface area contributed by atoms with Crippen LogP contribution in [0, 0.1) is 23.7 Å². The van der Waals surface area contributed by atoms with Crippen molar-refractivity contribution in [3.8, 4) is 5.75 Å². The average molecular weight is 475 g/mol. The van der Waals surface area contributed by atoms with E-state index in [9.17, 15) is 19.2 Å². The van der Waals surface area contributed by atoms with Gasteiger partial charge < -0.3 is 14.8 Å². The molecule has 1 heterocycles. The molecule has 1 N–H and O–H groups in total. The summed E-state index contributed by atoms with van der Waals surface area (Å²) in [6.45, 7) is 3.85. The van der Waals surface area contributed by atoms with Crippen LogP contribution in [0.1, 0.15) is 30.6 Å². The molecule has 1 aliphatic heterocycles. The zero-order chi connectivity index (χ0) is 24.7. The van der Waals surface area contributed by atoms with Gasteiger partial charge in [0, 0.05) is 0 Å². The lowest BCUT2D eigenvalue weighted by Crippen LogP contribution is -2.33. The molecule has 2 fully saturated rings. The number of allylic oxidation sites excluding steroid dienone is 2. The van der Waals surface area contributed by atoms with Gasteiger partial charge in [-0.25, -0.2) is 4.79 Å². The van der Waals surface area contributed by atoms with Crippen LogP contribution in [0.25, 0.3) is 0 Å². The molecule has 35 heavy (non-hydrogen) atoms. The molecule has 8 heteroatoms. The van der Waals surface area contributed by atoms with E-state index in [0.29, 0.717) is 23.7 Å². The number of anilines is 2. The Hall–Kier alpha value is -3.94. The van der Waals surface area contributed by atoms with Gasteiger partial charge in [-0.1, -0.05) is 23.8 Å². The molecule has 180 valence electrons. The number of nitrogens with one attached hydrogen (secondary N) is 1. The summed E-state index contributed by atoms with van der Waals surface area (Å²) in [6, 6.07) is 13.1. The molecular formula is C27H26N2O6. The number of para-hydroxylation sites is 2. The number of esters is 1. The number of carbonyl (C=O) groups excluding carboxylic acids is 4. The summed E-state index contributed by atoms with van der Waals surface area (Å²) < 4.78 is 10.6. The van der Waals surface area contributed by atoms with Crippen molar-refractivity contribution in [3.63, 3.8) is 0 Å². The molecule has 0 aromatic heterocycles. The molecule has 0 spiro atoms. The summed E-state index contributed by atoms with van der Waals surface area (Å²) in [5.74, 6) is -1.28. The fourth-order valence-corrected chi connectivity index (χ4v) is 5.53. The lowest BCUT2D eigenvalue weighted by atomic mass is 9.82. The number of imide groups is 1. The molecule has 5 rings (SSSR count). The van der Waals surface area contributed by atoms with Crippen molar-refractivity contribution in [2.24, 2.45) is 23.7 Å². The van der Waals surface area contributed by atoms with Crippen LogP contribution in [0.3, 0.4) is 0 Å². The largest absolute Gasteiger partial charge is 0.492 e. The van der Waals surface area contributed by atoms with E-state index in [1.807, 2.05) is 13.8 Å². The lowest BCUT2D eigenvalue weighted by Gasteiger charge is -2.19. The molecule has 3 aliphatic rings. The molecular weight excluding hydrogens is 448 g/mol. The summed E-state index contributed by atoms with van der Waals surface area (Å²) in [7, 11) is 0. The number of benzene rings is 2. The van der Waals surface area contributed by atoms with Gasteiger partial charge in [0.05, 0.1) is 35.4 Å². The lowest BCUT2D eigenvalue weighted by molar-refractivity contribution is -0.123. The molecule has 2 aromatic rings. The third-order valence-corrected chi connectivity index (χ3v) is 7.04. The highest BCUT2D eigenvalue weighted by Gasteiger charge is 2.60. The molecule has 1 saturated carbocycles. The summed E-state index contributed by atoms with van der Waals surface area (Å²) in [4.78, 5) is 52.1. The highest BCUT2D eigenvalue weighted by atomic mass is 16.5. The van der Waals surface area contributed by atoms with Gasteiger partial charge in [0.1, 0.15) is 5.75 Å². The summed E-state index contributed by atoms with van der Waals surface area (Å²) in [5.41, 5.74) is 2.34. The Morgan fingerprint density at radius 3 is 2.49 bits per heavy atom. The number of fused-ring (bicyclic) bond motifs is 5. The van der Waals surface area contributed by atoms with Crippen LogP contribution in [0.2, 0.25) is 0 Å². The van der Waals surface area contributed by atoms with Crippen LogP contribution in [-0.2, 0) is 19.1 Å². The van der Waals surface area contributed by atoms with Gasteiger partial charge in [-0.3, -0.25) is 19.3 Å². The molecule has 2 aromatic carbocycles. The molecule has 0 radical (unpaired) electrons. The fraction of sp³-hybridized carbons (Fsp3) is 0.333. The van der Waals surface area contributed by atoms with Gasteiger partial charge in [0.25, 0.3) is 5.91 Å². The van der Waals surface area contributed by atoms with Crippen LogP contribution in [0.4, 0.5) is 11.4 Å². The van der Waals surface area contributed by atoms with Crippen molar-refractivity contribution < 1.29 is 28.7 Å². The molecule has 1 saturated heterocycles. The topological polar surface area (TPSA) is 102 Å². The first-order chi connectivity index (χ1) is 16.9. The number of hydrogen-bond donors (Lipinski definition) is 1. The zero-order valence-corrected chi connectivity index (χ0v) is 19.5. The van der Waals surface area contributed by atoms with E-state index in [-0.39, 0.29) is 41.0 Å². The minimum Gasteiger partial charge on any atom is -0.492 e. The molecule has 4 atom stereocenters. The van der Waals surface area contributed by atoms with Crippen molar-refractivity contribution in [1.29, 1.82) is 0 Å². The highest BCUT2D eigenvalue weighted by molar-refractivity contribution is 6.23. The Kier molecular flexibility index (Phi) is 5.88. The normalized spacial score (nSPS) is 24.3. The minimum atomic E-state index is -0.682. The van der Waals surface area contributed by atoms with Crippen LogP contribution in [-0.4, -0.2) is 36.9 Å². The van der Waals surface area contributed by atoms with Crippen molar-refractivity contribution in [2.75, 3.05) is 23.4 Å². The SMILES string of the molecule is CCOc1ccccc1NC(=O)COC(=O)c1ccc(N2C(=O)[C@@H]3[C@H](C2=O)[C@H]2C=C(C)[C@H]3C2)cc1. The maximum atomic E-state index is 13.1. The Bertz CT molecular complexity index is 1230. The predicted octanol–water partition coefficient (Wildman–Crippen LogP) is 3.58. The van der Waals surface area contributed by atoms with E-state index < -0.39 is 18.5 Å². The van der Waals surface area contributed by atoms with Crippen LogP contribution in [0.15, 0.2) is 60.2 Å². The highest BCUT2D eigenvalue weighted by Crippen LogP contribution is 2.55. The number of ether oxygens (including phenoxy) is 2. The molecule has 0 unspecified atom stereocenters. The Morgan fingerprint density at radius 1 is 1.03 bits per heavy atom. The second-order valence-corrected chi connectivity index (χ2v) is 9.08. The summed E-state index contributed by atoms with van der Waals surface area (Å²) in [5, 5.41) is 2.67. The van der Waals surface area contributed by atoms with E-state index in [1.54, 1.807) is 36.4 Å². The Morgan fingerprint density at radius 2 is 1.74 bits per heavy atom. The third-order valence-electron chi connectivity index (χ3n) is 7.04. The second kappa shape index (κ2) is 9.02. The molecule has 8 nitrogen and oxygen atoms in total. The van der Waals surface area contributed by atoms with Crippen LogP contribution < -0.4 is 15.0 Å². The fourth-order valence-electron chi connectivity index (χ4n) is 5.53. The maximum absolute atomic E-state index is 13.1. The van der Waals surface area contributed by atoms with Crippen LogP contribution >= 0.6 is 0 Å². The van der Waals surface area contributed by atoms with Gasteiger partial charge in [0.15, 0.2) is 6.61 Å². The van der Waals surface area contributed by atoms with E-state index in [1.165, 1.54) is 22.6 Å². The van der Waals surface area contributed by atoms with Crippen molar-refractivity contribution in [1.82, 2.24) is 0 Å².